The van der Waals surface area contributed by atoms with E-state index in [0.29, 0.717) is 5.56 Å². The third-order valence-corrected chi connectivity index (χ3v) is 4.86. The van der Waals surface area contributed by atoms with E-state index in [-0.39, 0.29) is 16.9 Å². The molecule has 0 atom stereocenters. The number of hydrogen-bond acceptors (Lipinski definition) is 4. The van der Waals surface area contributed by atoms with Crippen molar-refractivity contribution < 1.29 is 14.7 Å². The van der Waals surface area contributed by atoms with Crippen molar-refractivity contribution in [3.63, 3.8) is 0 Å². The van der Waals surface area contributed by atoms with Gasteiger partial charge in [0.15, 0.2) is 5.78 Å². The maximum Gasteiger partial charge on any atom is 0.336 e. The van der Waals surface area contributed by atoms with Crippen molar-refractivity contribution in [3.05, 3.63) is 59.2 Å². The van der Waals surface area contributed by atoms with Crippen LogP contribution in [0.25, 0.3) is 0 Å². The number of carbonyl (C=O) groups excluding carboxylic acids is 1. The Morgan fingerprint density at radius 2 is 1.37 bits per heavy atom. The molecule has 0 aliphatic heterocycles. The van der Waals surface area contributed by atoms with Gasteiger partial charge in [0.25, 0.3) is 0 Å². The van der Waals surface area contributed by atoms with Gasteiger partial charge in [-0.2, -0.15) is 0 Å². The predicted octanol–water partition coefficient (Wildman–Crippen LogP) is 4.31. The zero-order valence-electron chi connectivity index (χ0n) is 16.5. The van der Waals surface area contributed by atoms with Crippen LogP contribution in [0.15, 0.2) is 42.5 Å². The maximum atomic E-state index is 13.2. The number of carboxylic acids is 1. The fraction of sp³-hybridized carbons (Fsp3) is 0.364. The van der Waals surface area contributed by atoms with Crippen molar-refractivity contribution in [2.24, 2.45) is 0 Å². The van der Waals surface area contributed by atoms with Crippen LogP contribution in [0.2, 0.25) is 0 Å². The molecular weight excluding hydrogens is 340 g/mol. The molecule has 2 aromatic carbocycles. The van der Waals surface area contributed by atoms with E-state index in [9.17, 15) is 14.7 Å². The number of benzene rings is 2. The topological polar surface area (TPSA) is 60.9 Å². The first kappa shape index (κ1) is 20.5. The number of ketones is 1. The van der Waals surface area contributed by atoms with Gasteiger partial charge in [0.1, 0.15) is 0 Å². The lowest BCUT2D eigenvalue weighted by Crippen LogP contribution is -2.25. The van der Waals surface area contributed by atoms with Gasteiger partial charge in [-0.25, -0.2) is 4.79 Å². The summed E-state index contributed by atoms with van der Waals surface area (Å²) in [6, 6.07) is 12.4. The van der Waals surface area contributed by atoms with Crippen LogP contribution in [0.1, 0.15) is 54.0 Å². The first-order valence-corrected chi connectivity index (χ1v) is 9.49. The molecule has 1 N–H and O–H groups in total. The van der Waals surface area contributed by atoms with Gasteiger partial charge in [-0.05, 0) is 58.0 Å². The molecule has 144 valence electrons. The molecule has 5 nitrogen and oxygen atoms in total. The Bertz CT molecular complexity index is 809. The number of nitrogens with zero attached hydrogens (tertiary/aromatic N) is 2. The summed E-state index contributed by atoms with van der Waals surface area (Å²) in [5.74, 6) is -1.35. The van der Waals surface area contributed by atoms with Crippen molar-refractivity contribution >= 4 is 23.1 Å². The van der Waals surface area contributed by atoms with Crippen LogP contribution >= 0.6 is 0 Å². The summed E-state index contributed by atoms with van der Waals surface area (Å²) >= 11 is 0. The third kappa shape index (κ3) is 4.30. The summed E-state index contributed by atoms with van der Waals surface area (Å²) < 4.78 is 0. The van der Waals surface area contributed by atoms with Gasteiger partial charge in [0.2, 0.25) is 0 Å². The minimum absolute atomic E-state index is 0.0405. The third-order valence-electron chi connectivity index (χ3n) is 4.86. The summed E-state index contributed by atoms with van der Waals surface area (Å²) in [4.78, 5) is 29.3. The van der Waals surface area contributed by atoms with E-state index in [1.165, 1.54) is 0 Å². The highest BCUT2D eigenvalue weighted by Gasteiger charge is 2.22. The van der Waals surface area contributed by atoms with E-state index >= 15 is 0 Å². The van der Waals surface area contributed by atoms with Crippen LogP contribution in [0.3, 0.4) is 0 Å². The predicted molar refractivity (Wildman–Crippen MR) is 110 cm³/mol. The highest BCUT2D eigenvalue weighted by molar-refractivity contribution is 6.17. The number of carboxylic acid groups (broad SMARTS) is 1. The fourth-order valence-electron chi connectivity index (χ4n) is 3.34. The number of para-hydroxylation sites is 1. The summed E-state index contributed by atoms with van der Waals surface area (Å²) in [6.07, 6.45) is 0. The number of hydrogen-bond donors (Lipinski definition) is 1. The van der Waals surface area contributed by atoms with Gasteiger partial charge < -0.3 is 14.9 Å². The fourth-order valence-corrected chi connectivity index (χ4v) is 3.34. The van der Waals surface area contributed by atoms with Crippen molar-refractivity contribution in [1.82, 2.24) is 0 Å². The zero-order chi connectivity index (χ0) is 20.0. The SMILES string of the molecule is CCN(CC)c1ccc(C(=O)c2ccccc2N(CC)CC)c(C(=O)O)c1. The smallest absolute Gasteiger partial charge is 0.336 e. The van der Waals surface area contributed by atoms with Gasteiger partial charge in [0.05, 0.1) is 5.56 Å². The second-order valence-corrected chi connectivity index (χ2v) is 6.23. The Hall–Kier alpha value is -2.82. The van der Waals surface area contributed by atoms with Gasteiger partial charge in [-0.3, -0.25) is 4.79 Å². The largest absolute Gasteiger partial charge is 0.478 e. The lowest BCUT2D eigenvalue weighted by molar-refractivity contribution is 0.0693. The molecular formula is C22H28N2O3. The van der Waals surface area contributed by atoms with Crippen molar-refractivity contribution in [1.29, 1.82) is 0 Å². The maximum absolute atomic E-state index is 13.2. The van der Waals surface area contributed by atoms with Gasteiger partial charge in [-0.15, -0.1) is 0 Å². The summed E-state index contributed by atoms with van der Waals surface area (Å²) in [5, 5.41) is 9.70. The highest BCUT2D eigenvalue weighted by Crippen LogP contribution is 2.27. The highest BCUT2D eigenvalue weighted by atomic mass is 16.4. The Kier molecular flexibility index (Phi) is 6.99. The molecule has 0 saturated heterocycles. The number of anilines is 2. The first-order valence-electron chi connectivity index (χ1n) is 9.49. The number of rotatable bonds is 9. The first-order chi connectivity index (χ1) is 13.0. The molecule has 0 unspecified atom stereocenters. The van der Waals surface area contributed by atoms with Crippen LogP contribution in [0.5, 0.6) is 0 Å². The van der Waals surface area contributed by atoms with Crippen molar-refractivity contribution in [2.75, 3.05) is 36.0 Å². The van der Waals surface area contributed by atoms with E-state index in [1.54, 1.807) is 18.2 Å². The standard InChI is InChI=1S/C22H28N2O3/c1-5-23(6-2)16-13-14-17(19(15-16)22(26)27)21(25)18-11-9-10-12-20(18)24(7-3)8-4/h9-15H,5-8H2,1-4H3,(H,26,27). The molecule has 0 aromatic heterocycles. The molecule has 0 fully saturated rings. The van der Waals surface area contributed by atoms with E-state index in [2.05, 4.69) is 9.80 Å². The minimum atomic E-state index is -1.09. The summed E-state index contributed by atoms with van der Waals surface area (Å²) in [7, 11) is 0. The molecule has 5 heteroatoms. The van der Waals surface area contributed by atoms with Gasteiger partial charge >= 0.3 is 5.97 Å². The van der Waals surface area contributed by atoms with Crippen molar-refractivity contribution in [3.8, 4) is 0 Å². The van der Waals surface area contributed by atoms with E-state index in [0.717, 1.165) is 37.6 Å². The molecule has 0 radical (unpaired) electrons. The average molecular weight is 368 g/mol. The second kappa shape index (κ2) is 9.21. The molecule has 2 rings (SSSR count). The van der Waals surface area contributed by atoms with Crippen LogP contribution in [-0.2, 0) is 0 Å². The van der Waals surface area contributed by atoms with E-state index in [1.807, 2.05) is 52.0 Å². The van der Waals surface area contributed by atoms with Crippen LogP contribution in [-0.4, -0.2) is 43.0 Å². The molecule has 0 aliphatic carbocycles. The molecule has 0 heterocycles. The van der Waals surface area contributed by atoms with Crippen molar-refractivity contribution in [2.45, 2.75) is 27.7 Å². The van der Waals surface area contributed by atoms with Crippen LogP contribution < -0.4 is 9.80 Å². The molecule has 0 saturated carbocycles. The quantitative estimate of drug-likeness (QED) is 0.669. The van der Waals surface area contributed by atoms with Crippen LogP contribution in [0.4, 0.5) is 11.4 Å². The molecule has 0 spiro atoms. The molecule has 27 heavy (non-hydrogen) atoms. The minimum Gasteiger partial charge on any atom is -0.478 e. The Labute approximate surface area is 161 Å². The number of carbonyl (C=O) groups is 2. The Morgan fingerprint density at radius 1 is 0.778 bits per heavy atom. The Morgan fingerprint density at radius 3 is 1.93 bits per heavy atom. The Balaban J connectivity index is 2.56. The van der Waals surface area contributed by atoms with Gasteiger partial charge in [-0.1, -0.05) is 12.1 Å². The monoisotopic (exact) mass is 368 g/mol. The molecule has 0 amide bonds. The lowest BCUT2D eigenvalue weighted by atomic mass is 9.96. The lowest BCUT2D eigenvalue weighted by Gasteiger charge is -2.24. The summed E-state index contributed by atoms with van der Waals surface area (Å²) in [5.41, 5.74) is 2.43. The molecule has 2 aromatic rings. The van der Waals surface area contributed by atoms with Gasteiger partial charge in [0, 0.05) is 48.7 Å². The summed E-state index contributed by atoms with van der Waals surface area (Å²) in [6.45, 7) is 11.2. The van der Waals surface area contributed by atoms with Crippen LogP contribution in [0, 0.1) is 0 Å². The average Bonchev–Trinajstić information content (AvgIpc) is 2.69. The number of aromatic carboxylic acids is 1. The van der Waals surface area contributed by atoms with E-state index < -0.39 is 5.97 Å². The van der Waals surface area contributed by atoms with E-state index in [4.69, 9.17) is 0 Å². The second-order valence-electron chi connectivity index (χ2n) is 6.23. The molecule has 0 bridgehead atoms. The zero-order valence-corrected chi connectivity index (χ0v) is 16.5. The molecule has 0 aliphatic rings. The normalized spacial score (nSPS) is 10.5.